The molecule has 1 aromatic rings. The van der Waals surface area contributed by atoms with Crippen LogP contribution in [-0.4, -0.2) is 9.55 Å². The van der Waals surface area contributed by atoms with Gasteiger partial charge in [-0.25, -0.2) is 4.98 Å². The van der Waals surface area contributed by atoms with E-state index < -0.39 is 0 Å². The van der Waals surface area contributed by atoms with Crippen LogP contribution in [0.25, 0.3) is 0 Å². The smallest absolute Gasteiger partial charge is 0.268 e. The van der Waals surface area contributed by atoms with Gasteiger partial charge in [0.2, 0.25) is 0 Å². The van der Waals surface area contributed by atoms with E-state index in [-0.39, 0.29) is 5.56 Å². The van der Waals surface area contributed by atoms with E-state index in [9.17, 15) is 4.79 Å². The lowest BCUT2D eigenvalue weighted by molar-refractivity contribution is 0.226. The van der Waals surface area contributed by atoms with E-state index >= 15 is 0 Å². The second-order valence-corrected chi connectivity index (χ2v) is 6.02. The van der Waals surface area contributed by atoms with Crippen molar-refractivity contribution >= 4 is 34.2 Å². The van der Waals surface area contributed by atoms with Crippen LogP contribution in [0, 0.1) is 9.49 Å². The molecule has 0 aliphatic heterocycles. The lowest BCUT2D eigenvalue weighted by Crippen LogP contribution is -2.33. The van der Waals surface area contributed by atoms with Gasteiger partial charge >= 0.3 is 0 Å². The summed E-state index contributed by atoms with van der Waals surface area (Å²) in [6.07, 6.45) is 7.51. The first-order valence-electron chi connectivity index (χ1n) is 6.07. The summed E-state index contributed by atoms with van der Waals surface area (Å²) in [7, 11) is 0. The van der Waals surface area contributed by atoms with Gasteiger partial charge in [-0.1, -0.05) is 37.8 Å². The molecule has 1 aliphatic carbocycles. The molecule has 2 unspecified atom stereocenters. The molecule has 1 fully saturated rings. The minimum atomic E-state index is 0.0101. The minimum absolute atomic E-state index is 0.0101. The molecular weight excluding hydrogens is 351 g/mol. The Morgan fingerprint density at radius 1 is 1.53 bits per heavy atom. The zero-order valence-electron chi connectivity index (χ0n) is 9.83. The van der Waals surface area contributed by atoms with Crippen molar-refractivity contribution in [1.29, 1.82) is 0 Å². The predicted octanol–water partition coefficient (Wildman–Crippen LogP) is 3.64. The fourth-order valence-corrected chi connectivity index (χ4v) is 3.23. The highest BCUT2D eigenvalue weighted by Crippen LogP contribution is 2.35. The van der Waals surface area contributed by atoms with Gasteiger partial charge in [-0.15, -0.1) is 0 Å². The summed E-state index contributed by atoms with van der Waals surface area (Å²) < 4.78 is 2.33. The van der Waals surface area contributed by atoms with Crippen molar-refractivity contribution < 1.29 is 0 Å². The van der Waals surface area contributed by atoms with E-state index in [1.807, 2.05) is 22.6 Å². The van der Waals surface area contributed by atoms with Crippen LogP contribution in [0.2, 0.25) is 5.15 Å². The lowest BCUT2D eigenvalue weighted by Gasteiger charge is -2.32. The number of aromatic nitrogens is 2. The number of nitrogens with zero attached hydrogens (tertiary/aromatic N) is 2. The van der Waals surface area contributed by atoms with Crippen molar-refractivity contribution in [2.45, 2.75) is 45.1 Å². The molecule has 94 valence electrons. The monoisotopic (exact) mass is 366 g/mol. The summed E-state index contributed by atoms with van der Waals surface area (Å²) in [6.45, 7) is 2.20. The molecule has 0 N–H and O–H groups in total. The number of rotatable bonds is 2. The SMILES string of the molecule is CCC1CCCCC1n1cnc(Cl)c(I)c1=O. The van der Waals surface area contributed by atoms with Crippen LogP contribution in [0.3, 0.4) is 0 Å². The van der Waals surface area contributed by atoms with Crippen molar-refractivity contribution in [2.75, 3.05) is 0 Å². The van der Waals surface area contributed by atoms with Gasteiger partial charge in [0.15, 0.2) is 0 Å². The largest absolute Gasteiger partial charge is 0.295 e. The minimum Gasteiger partial charge on any atom is -0.295 e. The quantitative estimate of drug-likeness (QED) is 0.591. The van der Waals surface area contributed by atoms with Crippen LogP contribution >= 0.6 is 34.2 Å². The van der Waals surface area contributed by atoms with Crippen molar-refractivity contribution in [3.05, 3.63) is 25.4 Å². The molecule has 1 heterocycles. The highest BCUT2D eigenvalue weighted by molar-refractivity contribution is 14.1. The Bertz CT molecular complexity index is 460. The maximum Gasteiger partial charge on any atom is 0.268 e. The molecule has 0 radical (unpaired) electrons. The average Bonchev–Trinajstić information content (AvgIpc) is 2.36. The second kappa shape index (κ2) is 5.69. The fraction of sp³-hybridized carbons (Fsp3) is 0.667. The predicted molar refractivity (Wildman–Crippen MR) is 77.5 cm³/mol. The Hall–Kier alpha value is -0.100. The van der Waals surface area contributed by atoms with Crippen LogP contribution < -0.4 is 5.56 Å². The highest BCUT2D eigenvalue weighted by Gasteiger charge is 2.26. The van der Waals surface area contributed by atoms with Gasteiger partial charge in [0.05, 0.1) is 6.33 Å². The third-order valence-electron chi connectivity index (χ3n) is 3.65. The van der Waals surface area contributed by atoms with E-state index in [0.717, 1.165) is 12.8 Å². The molecule has 0 bridgehead atoms. The molecule has 1 aliphatic rings. The van der Waals surface area contributed by atoms with Gasteiger partial charge in [-0.3, -0.25) is 9.36 Å². The van der Waals surface area contributed by atoms with E-state index in [1.165, 1.54) is 19.3 Å². The van der Waals surface area contributed by atoms with Gasteiger partial charge < -0.3 is 0 Å². The van der Waals surface area contributed by atoms with Gasteiger partial charge in [0.1, 0.15) is 8.72 Å². The Morgan fingerprint density at radius 3 is 2.94 bits per heavy atom. The van der Waals surface area contributed by atoms with Crippen molar-refractivity contribution in [3.63, 3.8) is 0 Å². The number of hydrogen-bond donors (Lipinski definition) is 0. The summed E-state index contributed by atoms with van der Waals surface area (Å²) in [5.41, 5.74) is 0.0101. The molecule has 1 aromatic heterocycles. The first-order chi connectivity index (χ1) is 8.15. The van der Waals surface area contributed by atoms with Crippen molar-refractivity contribution in [1.82, 2.24) is 9.55 Å². The lowest BCUT2D eigenvalue weighted by atomic mass is 9.83. The summed E-state index contributed by atoms with van der Waals surface area (Å²) in [5, 5.41) is 0.315. The van der Waals surface area contributed by atoms with Crippen LogP contribution in [-0.2, 0) is 0 Å². The van der Waals surface area contributed by atoms with E-state index in [0.29, 0.717) is 20.7 Å². The van der Waals surface area contributed by atoms with Crippen LogP contribution in [0.4, 0.5) is 0 Å². The Morgan fingerprint density at radius 2 is 2.24 bits per heavy atom. The molecule has 0 saturated heterocycles. The Kier molecular flexibility index (Phi) is 4.47. The van der Waals surface area contributed by atoms with Gasteiger partial charge in [0.25, 0.3) is 5.56 Å². The second-order valence-electron chi connectivity index (χ2n) is 4.58. The van der Waals surface area contributed by atoms with E-state index in [4.69, 9.17) is 11.6 Å². The molecule has 0 aromatic carbocycles. The van der Waals surface area contributed by atoms with Gasteiger partial charge in [0, 0.05) is 6.04 Å². The molecule has 1 saturated carbocycles. The molecule has 5 heteroatoms. The number of hydrogen-bond acceptors (Lipinski definition) is 2. The zero-order valence-corrected chi connectivity index (χ0v) is 12.7. The van der Waals surface area contributed by atoms with Crippen LogP contribution in [0.5, 0.6) is 0 Å². The zero-order chi connectivity index (χ0) is 12.4. The standard InChI is InChI=1S/C12H16ClIN2O/c1-2-8-5-3-4-6-9(8)16-7-15-11(13)10(14)12(16)17/h7-9H,2-6H2,1H3. The van der Waals surface area contributed by atoms with E-state index in [2.05, 4.69) is 11.9 Å². The summed E-state index contributed by atoms with van der Waals surface area (Å²) >= 11 is 7.85. The third-order valence-corrected chi connectivity index (χ3v) is 5.23. The van der Waals surface area contributed by atoms with Gasteiger partial charge in [-0.2, -0.15) is 0 Å². The molecular formula is C12H16ClIN2O. The highest BCUT2D eigenvalue weighted by atomic mass is 127. The molecule has 2 atom stereocenters. The maximum atomic E-state index is 12.2. The Balaban J connectivity index is 2.39. The fourth-order valence-electron chi connectivity index (χ4n) is 2.69. The molecule has 17 heavy (non-hydrogen) atoms. The molecule has 0 spiro atoms. The maximum absolute atomic E-state index is 12.2. The van der Waals surface area contributed by atoms with Crippen LogP contribution in [0.1, 0.15) is 45.1 Å². The van der Waals surface area contributed by atoms with Gasteiger partial charge in [-0.05, 0) is 41.4 Å². The average molecular weight is 367 g/mol. The summed E-state index contributed by atoms with van der Waals surface area (Å²) in [6, 6.07) is 0.305. The molecule has 2 rings (SSSR count). The topological polar surface area (TPSA) is 34.9 Å². The van der Waals surface area contributed by atoms with Crippen LogP contribution in [0.15, 0.2) is 11.1 Å². The third kappa shape index (κ3) is 2.67. The Labute approximate surface area is 120 Å². The first kappa shape index (κ1) is 13.3. The summed E-state index contributed by atoms with van der Waals surface area (Å²) in [5.74, 6) is 0.597. The van der Waals surface area contributed by atoms with E-state index in [1.54, 1.807) is 10.9 Å². The molecule has 3 nitrogen and oxygen atoms in total. The van der Waals surface area contributed by atoms with Crippen molar-refractivity contribution in [2.24, 2.45) is 5.92 Å². The summed E-state index contributed by atoms with van der Waals surface area (Å²) in [4.78, 5) is 16.3. The molecule has 0 amide bonds. The normalized spacial score (nSPS) is 24.9. The van der Waals surface area contributed by atoms with Crippen molar-refractivity contribution in [3.8, 4) is 0 Å². The number of halogens is 2. The first-order valence-corrected chi connectivity index (χ1v) is 7.53.